The van der Waals surface area contributed by atoms with Crippen molar-refractivity contribution in [3.05, 3.63) is 65.0 Å². The molecule has 2 aliphatic heterocycles. The number of nitrogens with one attached hydrogen (secondary N) is 1. The van der Waals surface area contributed by atoms with Crippen LogP contribution >= 0.6 is 11.6 Å². The Morgan fingerprint density at radius 1 is 1.05 bits per heavy atom. The van der Waals surface area contributed by atoms with Crippen molar-refractivity contribution < 1.29 is 9.32 Å². The first-order chi connectivity index (χ1) is 18.0. The van der Waals surface area contributed by atoms with Crippen LogP contribution in [0.1, 0.15) is 57.0 Å². The number of hydrogen-bond donors (Lipinski definition) is 1. The smallest absolute Gasteiger partial charge is 0.241 e. The van der Waals surface area contributed by atoms with Crippen LogP contribution in [0.25, 0.3) is 11.4 Å². The molecule has 2 fully saturated rings. The lowest BCUT2D eigenvalue weighted by Gasteiger charge is -2.32. The number of hydrogen-bond acceptors (Lipinski definition) is 6. The third-order valence-corrected chi connectivity index (χ3v) is 8.13. The molecular weight excluding hydrogens is 486 g/mol. The molecule has 8 heteroatoms. The Morgan fingerprint density at radius 3 is 2.46 bits per heavy atom. The maximum absolute atomic E-state index is 13.0. The van der Waals surface area contributed by atoms with Crippen LogP contribution in [-0.4, -0.2) is 47.1 Å². The summed E-state index contributed by atoms with van der Waals surface area (Å²) in [5, 5.41) is 7.93. The van der Waals surface area contributed by atoms with Crippen molar-refractivity contribution in [2.24, 2.45) is 11.8 Å². The molecule has 1 aromatic heterocycles. The van der Waals surface area contributed by atoms with Gasteiger partial charge in [0.15, 0.2) is 0 Å². The summed E-state index contributed by atoms with van der Waals surface area (Å²) in [5.41, 5.74) is 3.19. The highest BCUT2D eigenvalue weighted by Gasteiger charge is 2.27. The van der Waals surface area contributed by atoms with Crippen molar-refractivity contribution in [2.45, 2.75) is 52.1 Å². The predicted octanol–water partition coefficient (Wildman–Crippen LogP) is 5.72. The van der Waals surface area contributed by atoms with E-state index in [1.54, 1.807) is 0 Å². The van der Waals surface area contributed by atoms with Crippen LogP contribution < -0.4 is 10.2 Å². The largest absolute Gasteiger partial charge is 0.372 e. The third kappa shape index (κ3) is 6.33. The summed E-state index contributed by atoms with van der Waals surface area (Å²) < 4.78 is 5.46. The monoisotopic (exact) mass is 521 g/mol. The Balaban J connectivity index is 1.08. The summed E-state index contributed by atoms with van der Waals surface area (Å²) in [5.74, 6) is 2.05. The molecule has 0 saturated carbocycles. The van der Waals surface area contributed by atoms with Crippen LogP contribution in [0.2, 0.25) is 5.02 Å². The highest BCUT2D eigenvalue weighted by atomic mass is 35.5. The van der Waals surface area contributed by atoms with E-state index in [4.69, 9.17) is 16.1 Å². The maximum Gasteiger partial charge on any atom is 0.241 e. The molecule has 1 amide bonds. The molecule has 0 bridgehead atoms. The first-order valence-electron chi connectivity index (χ1n) is 13.4. The van der Waals surface area contributed by atoms with Crippen molar-refractivity contribution in [1.29, 1.82) is 0 Å². The van der Waals surface area contributed by atoms with Gasteiger partial charge in [0.2, 0.25) is 17.6 Å². The first-order valence-corrected chi connectivity index (χ1v) is 13.8. The Morgan fingerprint density at radius 2 is 1.76 bits per heavy atom. The number of piperidine rings is 2. The SMILES string of the molecule is CC1CCN(c2ccc(C(C)NC(=O)C3CCN(Cc4nc(-c5ccccc5Cl)no4)CC3)cc2)CC1. The van der Waals surface area contributed by atoms with Gasteiger partial charge in [-0.1, -0.05) is 47.9 Å². The van der Waals surface area contributed by atoms with Crippen LogP contribution in [0.3, 0.4) is 0 Å². The van der Waals surface area contributed by atoms with E-state index >= 15 is 0 Å². The highest BCUT2D eigenvalue weighted by Crippen LogP contribution is 2.27. The van der Waals surface area contributed by atoms with Gasteiger partial charge in [-0.05, 0) is 81.4 Å². The molecule has 0 radical (unpaired) electrons. The van der Waals surface area contributed by atoms with Gasteiger partial charge in [0, 0.05) is 30.3 Å². The van der Waals surface area contributed by atoms with E-state index in [0.717, 1.165) is 56.1 Å². The second kappa shape index (κ2) is 11.7. The number of benzene rings is 2. The van der Waals surface area contributed by atoms with Crippen molar-refractivity contribution in [3.63, 3.8) is 0 Å². The highest BCUT2D eigenvalue weighted by molar-refractivity contribution is 6.33. The number of halogens is 1. The zero-order valence-electron chi connectivity index (χ0n) is 21.7. The molecule has 5 rings (SSSR count). The number of carbonyl (C=O) groups is 1. The Labute approximate surface area is 224 Å². The van der Waals surface area contributed by atoms with Crippen LogP contribution in [-0.2, 0) is 11.3 Å². The zero-order chi connectivity index (χ0) is 25.8. The Kier molecular flexibility index (Phi) is 8.11. The topological polar surface area (TPSA) is 74.5 Å². The molecule has 0 aliphatic carbocycles. The van der Waals surface area contributed by atoms with Crippen molar-refractivity contribution in [2.75, 3.05) is 31.1 Å². The van der Waals surface area contributed by atoms with Gasteiger partial charge in [0.05, 0.1) is 17.6 Å². The summed E-state index contributed by atoms with van der Waals surface area (Å²) in [6, 6.07) is 16.2. The van der Waals surface area contributed by atoms with E-state index in [-0.39, 0.29) is 17.9 Å². The second-order valence-corrected chi connectivity index (χ2v) is 10.9. The molecule has 2 saturated heterocycles. The number of likely N-dealkylation sites (tertiary alicyclic amines) is 1. The minimum absolute atomic E-state index is 0.0115. The average molecular weight is 522 g/mol. The molecule has 3 heterocycles. The van der Waals surface area contributed by atoms with Gasteiger partial charge in [-0.15, -0.1) is 0 Å². The van der Waals surface area contributed by atoms with Crippen LogP contribution in [0.15, 0.2) is 53.1 Å². The second-order valence-electron chi connectivity index (χ2n) is 10.5. The summed E-state index contributed by atoms with van der Waals surface area (Å²) in [7, 11) is 0. The van der Waals surface area contributed by atoms with Crippen molar-refractivity contribution in [3.8, 4) is 11.4 Å². The molecule has 7 nitrogen and oxygen atoms in total. The molecule has 2 aromatic carbocycles. The summed E-state index contributed by atoms with van der Waals surface area (Å²) in [6.07, 6.45) is 4.14. The van der Waals surface area contributed by atoms with Crippen LogP contribution in [0, 0.1) is 11.8 Å². The van der Waals surface area contributed by atoms with Crippen molar-refractivity contribution >= 4 is 23.2 Å². The van der Waals surface area contributed by atoms with Gasteiger partial charge in [-0.3, -0.25) is 9.69 Å². The molecule has 0 spiro atoms. The van der Waals surface area contributed by atoms with E-state index in [0.29, 0.717) is 23.3 Å². The normalized spacial score (nSPS) is 18.6. The molecule has 1 unspecified atom stereocenters. The van der Waals surface area contributed by atoms with Gasteiger partial charge in [0.1, 0.15) is 0 Å². The Bertz CT molecular complexity index is 1180. The van der Waals surface area contributed by atoms with Crippen LogP contribution in [0.4, 0.5) is 5.69 Å². The molecule has 37 heavy (non-hydrogen) atoms. The van der Waals surface area contributed by atoms with E-state index in [1.807, 2.05) is 24.3 Å². The zero-order valence-corrected chi connectivity index (χ0v) is 22.5. The van der Waals surface area contributed by atoms with Gasteiger partial charge in [-0.25, -0.2) is 0 Å². The maximum atomic E-state index is 13.0. The lowest BCUT2D eigenvalue weighted by atomic mass is 9.95. The van der Waals surface area contributed by atoms with E-state index in [2.05, 4.69) is 63.4 Å². The van der Waals surface area contributed by atoms with Crippen molar-refractivity contribution in [1.82, 2.24) is 20.4 Å². The fourth-order valence-electron chi connectivity index (χ4n) is 5.27. The minimum atomic E-state index is -0.0115. The molecule has 3 aromatic rings. The van der Waals surface area contributed by atoms with E-state index in [1.165, 1.54) is 18.5 Å². The summed E-state index contributed by atoms with van der Waals surface area (Å²) in [4.78, 5) is 22.2. The lowest BCUT2D eigenvalue weighted by molar-refractivity contribution is -0.127. The number of nitrogens with zero attached hydrogens (tertiary/aromatic N) is 4. The number of rotatable bonds is 7. The fourth-order valence-corrected chi connectivity index (χ4v) is 5.49. The third-order valence-electron chi connectivity index (χ3n) is 7.80. The predicted molar refractivity (Wildman–Crippen MR) is 146 cm³/mol. The molecular formula is C29H36ClN5O2. The molecule has 1 N–H and O–H groups in total. The Hall–Kier alpha value is -2.90. The standard InChI is InChI=1S/C29H36ClN5O2/c1-20-11-17-35(18-12-20)24-9-7-22(8-10-24)21(2)31-29(36)23-13-15-34(16-14-23)19-27-32-28(33-37-27)25-5-3-4-6-26(25)30/h3-10,20-21,23H,11-19H2,1-2H3,(H,31,36). The van der Waals surface area contributed by atoms with Crippen LogP contribution in [0.5, 0.6) is 0 Å². The fraction of sp³-hybridized carbons (Fsp3) is 0.483. The molecule has 196 valence electrons. The number of carbonyl (C=O) groups excluding carboxylic acids is 1. The average Bonchev–Trinajstić information content (AvgIpc) is 3.38. The molecule has 1 atom stereocenters. The van der Waals surface area contributed by atoms with Gasteiger partial charge in [0.25, 0.3) is 0 Å². The van der Waals surface area contributed by atoms with E-state index in [9.17, 15) is 4.79 Å². The van der Waals surface area contributed by atoms with E-state index < -0.39 is 0 Å². The lowest BCUT2D eigenvalue weighted by Crippen LogP contribution is -2.41. The number of aromatic nitrogens is 2. The number of amides is 1. The molecule has 2 aliphatic rings. The van der Waals surface area contributed by atoms with Gasteiger partial charge >= 0.3 is 0 Å². The summed E-state index contributed by atoms with van der Waals surface area (Å²) in [6.45, 7) is 8.86. The summed E-state index contributed by atoms with van der Waals surface area (Å²) >= 11 is 6.25. The van der Waals surface area contributed by atoms with Gasteiger partial charge in [-0.2, -0.15) is 4.98 Å². The minimum Gasteiger partial charge on any atom is -0.372 e. The quantitative estimate of drug-likeness (QED) is 0.429. The number of anilines is 1. The van der Waals surface area contributed by atoms with Gasteiger partial charge < -0.3 is 14.7 Å². The first kappa shape index (κ1) is 25.7.